The van der Waals surface area contributed by atoms with Crippen LogP contribution in [0.5, 0.6) is 0 Å². The fourth-order valence-electron chi connectivity index (χ4n) is 1.02. The highest BCUT2D eigenvalue weighted by Crippen LogP contribution is 2.26. The van der Waals surface area contributed by atoms with Gasteiger partial charge in [-0.2, -0.15) is 0 Å². The van der Waals surface area contributed by atoms with E-state index in [2.05, 4.69) is 0 Å². The summed E-state index contributed by atoms with van der Waals surface area (Å²) in [6.45, 7) is 0. The average molecular weight is 224 g/mol. The van der Waals surface area contributed by atoms with E-state index in [-0.39, 0.29) is 0 Å². The fraction of sp³-hybridized carbons (Fsp3) is 0.100. The third-order valence-corrected chi connectivity index (χ3v) is 3.68. The molecular weight excluding hydrogens is 216 g/mol. The average Bonchev–Trinajstić information content (AvgIpc) is 2.86. The molecule has 0 bridgehead atoms. The number of hydrogen-bond acceptors (Lipinski definition) is 4. The monoisotopic (exact) mass is 224 g/mol. The normalized spacial score (nSPS) is 10.3. The minimum atomic E-state index is 0.770. The fourth-order valence-corrected chi connectivity index (χ4v) is 2.77. The Balaban J connectivity index is 1.95. The first-order valence-corrected chi connectivity index (χ1v) is 5.94. The van der Waals surface area contributed by atoms with Crippen LogP contribution in [0.4, 0.5) is 0 Å². The van der Waals surface area contributed by atoms with Gasteiger partial charge in [0.15, 0.2) is 6.29 Å². The minimum absolute atomic E-state index is 0.770. The molecule has 0 N–H and O–H groups in total. The molecule has 2 rings (SSSR count). The molecule has 0 aliphatic rings. The van der Waals surface area contributed by atoms with Crippen LogP contribution in [0.3, 0.4) is 0 Å². The van der Waals surface area contributed by atoms with Crippen LogP contribution in [0.25, 0.3) is 0 Å². The second kappa shape index (κ2) is 4.48. The zero-order valence-corrected chi connectivity index (χ0v) is 8.94. The van der Waals surface area contributed by atoms with E-state index in [1.54, 1.807) is 18.0 Å². The third-order valence-electron chi connectivity index (χ3n) is 1.67. The molecule has 14 heavy (non-hydrogen) atoms. The summed E-state index contributed by atoms with van der Waals surface area (Å²) in [4.78, 5) is 12.3. The van der Waals surface area contributed by atoms with Crippen LogP contribution < -0.4 is 0 Å². The van der Waals surface area contributed by atoms with Crippen LogP contribution in [0.1, 0.15) is 15.4 Å². The van der Waals surface area contributed by atoms with E-state index in [9.17, 15) is 4.79 Å². The Morgan fingerprint density at radius 2 is 2.50 bits per heavy atom. The standard InChI is InChI=1S/C10H8O2S2/c11-5-9-4-10(7-14-9)13-6-8-2-1-3-12-8/h1-5,7H,6H2. The molecule has 0 aliphatic carbocycles. The van der Waals surface area contributed by atoms with Gasteiger partial charge in [-0.15, -0.1) is 23.1 Å². The van der Waals surface area contributed by atoms with E-state index in [0.29, 0.717) is 0 Å². The van der Waals surface area contributed by atoms with Gasteiger partial charge >= 0.3 is 0 Å². The molecule has 0 fully saturated rings. The number of hydrogen-bond donors (Lipinski definition) is 0. The molecule has 0 unspecified atom stereocenters. The highest BCUT2D eigenvalue weighted by atomic mass is 32.2. The van der Waals surface area contributed by atoms with Crippen molar-refractivity contribution in [2.45, 2.75) is 10.6 Å². The summed E-state index contributed by atoms with van der Waals surface area (Å²) in [7, 11) is 0. The molecular formula is C10H8O2S2. The topological polar surface area (TPSA) is 30.2 Å². The number of carbonyl (C=O) groups is 1. The van der Waals surface area contributed by atoms with Crippen molar-refractivity contribution in [3.05, 3.63) is 40.5 Å². The van der Waals surface area contributed by atoms with Crippen LogP contribution in [0, 0.1) is 0 Å². The van der Waals surface area contributed by atoms with Gasteiger partial charge in [0.1, 0.15) is 5.76 Å². The van der Waals surface area contributed by atoms with Gasteiger partial charge in [-0.05, 0) is 18.2 Å². The van der Waals surface area contributed by atoms with Crippen LogP contribution in [-0.2, 0) is 5.75 Å². The molecule has 0 aliphatic heterocycles. The Labute approximate surface area is 89.9 Å². The molecule has 0 radical (unpaired) electrons. The molecule has 0 spiro atoms. The maximum absolute atomic E-state index is 10.4. The van der Waals surface area contributed by atoms with E-state index in [1.165, 1.54) is 11.3 Å². The zero-order valence-electron chi connectivity index (χ0n) is 7.30. The largest absolute Gasteiger partial charge is 0.468 e. The smallest absolute Gasteiger partial charge is 0.160 e. The van der Waals surface area contributed by atoms with E-state index >= 15 is 0 Å². The molecule has 72 valence electrons. The lowest BCUT2D eigenvalue weighted by atomic mass is 10.5. The number of furan rings is 1. The molecule has 0 atom stereocenters. The first-order valence-electron chi connectivity index (χ1n) is 4.07. The van der Waals surface area contributed by atoms with Crippen LogP contribution in [-0.4, -0.2) is 6.29 Å². The lowest BCUT2D eigenvalue weighted by Crippen LogP contribution is -1.73. The van der Waals surface area contributed by atoms with Crippen molar-refractivity contribution in [2.24, 2.45) is 0 Å². The Bertz CT molecular complexity index is 403. The van der Waals surface area contributed by atoms with Crippen molar-refractivity contribution in [2.75, 3.05) is 0 Å². The van der Waals surface area contributed by atoms with Gasteiger partial charge in [-0.25, -0.2) is 0 Å². The van der Waals surface area contributed by atoms with Crippen LogP contribution in [0.15, 0.2) is 39.2 Å². The zero-order chi connectivity index (χ0) is 9.80. The van der Waals surface area contributed by atoms with Gasteiger partial charge in [0, 0.05) is 10.3 Å². The van der Waals surface area contributed by atoms with E-state index in [0.717, 1.165) is 27.6 Å². The SMILES string of the molecule is O=Cc1cc(SCc2ccco2)cs1. The van der Waals surface area contributed by atoms with Crippen molar-refractivity contribution in [3.8, 4) is 0 Å². The maximum atomic E-state index is 10.4. The molecule has 0 amide bonds. The van der Waals surface area contributed by atoms with Gasteiger partial charge < -0.3 is 4.42 Å². The molecule has 2 aromatic heterocycles. The highest BCUT2D eigenvalue weighted by molar-refractivity contribution is 7.98. The number of aldehydes is 1. The Morgan fingerprint density at radius 1 is 1.57 bits per heavy atom. The van der Waals surface area contributed by atoms with E-state index in [4.69, 9.17) is 4.42 Å². The summed E-state index contributed by atoms with van der Waals surface area (Å²) < 4.78 is 5.20. The Hall–Kier alpha value is -1.00. The lowest BCUT2D eigenvalue weighted by Gasteiger charge is -1.93. The van der Waals surface area contributed by atoms with Crippen LogP contribution >= 0.6 is 23.1 Å². The Morgan fingerprint density at radius 3 is 3.14 bits per heavy atom. The molecule has 4 heteroatoms. The van der Waals surface area contributed by atoms with E-state index < -0.39 is 0 Å². The number of thioether (sulfide) groups is 1. The predicted molar refractivity (Wildman–Crippen MR) is 58.0 cm³/mol. The highest BCUT2D eigenvalue weighted by Gasteiger charge is 2.01. The molecule has 0 aromatic carbocycles. The molecule has 0 saturated heterocycles. The van der Waals surface area contributed by atoms with Gasteiger partial charge in [-0.3, -0.25) is 4.79 Å². The number of thiophene rings is 1. The maximum Gasteiger partial charge on any atom is 0.160 e. The molecule has 2 aromatic rings. The second-order valence-electron chi connectivity index (χ2n) is 2.67. The number of rotatable bonds is 4. The van der Waals surface area contributed by atoms with Gasteiger partial charge in [-0.1, -0.05) is 0 Å². The van der Waals surface area contributed by atoms with Crippen LogP contribution in [0.2, 0.25) is 0 Å². The first-order chi connectivity index (χ1) is 6.88. The minimum Gasteiger partial charge on any atom is -0.468 e. The van der Waals surface area contributed by atoms with Gasteiger partial charge in [0.05, 0.1) is 16.9 Å². The molecule has 2 heterocycles. The lowest BCUT2D eigenvalue weighted by molar-refractivity contribution is 0.112. The van der Waals surface area contributed by atoms with Gasteiger partial charge in [0.25, 0.3) is 0 Å². The summed E-state index contributed by atoms with van der Waals surface area (Å²) in [6, 6.07) is 5.71. The summed E-state index contributed by atoms with van der Waals surface area (Å²) in [6.07, 6.45) is 2.54. The van der Waals surface area contributed by atoms with Crippen molar-refractivity contribution in [3.63, 3.8) is 0 Å². The van der Waals surface area contributed by atoms with Crippen molar-refractivity contribution in [1.82, 2.24) is 0 Å². The summed E-state index contributed by atoms with van der Waals surface area (Å²) in [5, 5.41) is 1.98. The predicted octanol–water partition coefficient (Wildman–Crippen LogP) is 3.45. The number of carbonyl (C=O) groups excluding carboxylic acids is 1. The third kappa shape index (κ3) is 2.27. The second-order valence-corrected chi connectivity index (χ2v) is 4.66. The summed E-state index contributed by atoms with van der Waals surface area (Å²) in [5.74, 6) is 1.76. The molecule has 2 nitrogen and oxygen atoms in total. The summed E-state index contributed by atoms with van der Waals surface area (Å²) >= 11 is 3.14. The summed E-state index contributed by atoms with van der Waals surface area (Å²) in [5.41, 5.74) is 0. The van der Waals surface area contributed by atoms with Gasteiger partial charge in [0.2, 0.25) is 0 Å². The first kappa shape index (κ1) is 9.55. The van der Waals surface area contributed by atoms with Crippen molar-refractivity contribution >= 4 is 29.4 Å². The van der Waals surface area contributed by atoms with Crippen molar-refractivity contribution < 1.29 is 9.21 Å². The van der Waals surface area contributed by atoms with Crippen molar-refractivity contribution in [1.29, 1.82) is 0 Å². The molecule has 0 saturated carbocycles. The van der Waals surface area contributed by atoms with E-state index in [1.807, 2.05) is 23.6 Å². The Kier molecular flexibility index (Phi) is 3.06. The quantitative estimate of drug-likeness (QED) is 0.588.